The van der Waals surface area contributed by atoms with Crippen molar-refractivity contribution in [2.24, 2.45) is 5.73 Å². The molecule has 1 unspecified atom stereocenters. The zero-order chi connectivity index (χ0) is 9.84. The van der Waals surface area contributed by atoms with Gasteiger partial charge in [-0.15, -0.1) is 0 Å². The van der Waals surface area contributed by atoms with Crippen LogP contribution in [-0.4, -0.2) is 0 Å². The average Bonchev–Trinajstić information content (AvgIpc) is 2.04. The van der Waals surface area contributed by atoms with Crippen LogP contribution in [0.5, 0.6) is 0 Å². The van der Waals surface area contributed by atoms with Crippen LogP contribution >= 0.6 is 11.6 Å². The summed E-state index contributed by atoms with van der Waals surface area (Å²) in [6.07, 6.45) is 0.0958. The second-order valence-corrected chi connectivity index (χ2v) is 3.07. The predicted molar refractivity (Wildman–Crippen MR) is 48.6 cm³/mol. The summed E-state index contributed by atoms with van der Waals surface area (Å²) in [6, 6.07) is 5.54. The molecule has 0 aliphatic heterocycles. The van der Waals surface area contributed by atoms with E-state index in [4.69, 9.17) is 22.6 Å². The molecule has 2 nitrogen and oxygen atoms in total. The zero-order valence-corrected chi connectivity index (χ0v) is 7.55. The van der Waals surface area contributed by atoms with Gasteiger partial charge in [0, 0.05) is 16.6 Å². The Morgan fingerprint density at radius 2 is 2.31 bits per heavy atom. The van der Waals surface area contributed by atoms with Crippen LogP contribution in [0.4, 0.5) is 4.39 Å². The Balaban J connectivity index is 2.96. The quantitative estimate of drug-likeness (QED) is 0.793. The number of rotatable bonds is 2. The molecule has 1 aromatic rings. The first-order chi connectivity index (χ1) is 6.15. The molecule has 68 valence electrons. The Labute approximate surface area is 80.7 Å². The van der Waals surface area contributed by atoms with E-state index < -0.39 is 11.9 Å². The van der Waals surface area contributed by atoms with Crippen molar-refractivity contribution >= 4 is 11.6 Å². The lowest BCUT2D eigenvalue weighted by Gasteiger charge is -2.08. The smallest absolute Gasteiger partial charge is 0.129 e. The van der Waals surface area contributed by atoms with E-state index in [1.807, 2.05) is 6.07 Å². The molecule has 0 aliphatic rings. The fourth-order valence-electron chi connectivity index (χ4n) is 1.01. The third-order valence-electron chi connectivity index (χ3n) is 1.67. The second-order valence-electron chi connectivity index (χ2n) is 2.63. The zero-order valence-electron chi connectivity index (χ0n) is 6.80. The fraction of sp³-hybridized carbons (Fsp3) is 0.222. The molecule has 0 fully saturated rings. The minimum Gasteiger partial charge on any atom is -0.323 e. The maximum absolute atomic E-state index is 13.2. The molecule has 1 atom stereocenters. The van der Waals surface area contributed by atoms with E-state index in [0.29, 0.717) is 10.6 Å². The Morgan fingerprint density at radius 1 is 1.62 bits per heavy atom. The van der Waals surface area contributed by atoms with Gasteiger partial charge in [0.25, 0.3) is 0 Å². The second kappa shape index (κ2) is 4.22. The van der Waals surface area contributed by atoms with Crippen molar-refractivity contribution in [2.75, 3.05) is 0 Å². The molecule has 1 aromatic carbocycles. The summed E-state index contributed by atoms with van der Waals surface area (Å²) < 4.78 is 13.2. The first-order valence-electron chi connectivity index (χ1n) is 3.72. The molecule has 4 heteroatoms. The highest BCUT2D eigenvalue weighted by molar-refractivity contribution is 6.30. The number of hydrogen-bond acceptors (Lipinski definition) is 2. The Kier molecular flexibility index (Phi) is 3.24. The van der Waals surface area contributed by atoms with Crippen molar-refractivity contribution in [3.05, 3.63) is 34.6 Å². The van der Waals surface area contributed by atoms with Crippen molar-refractivity contribution in [1.82, 2.24) is 0 Å². The molecule has 1 rings (SSSR count). The largest absolute Gasteiger partial charge is 0.323 e. The van der Waals surface area contributed by atoms with Gasteiger partial charge in [0.15, 0.2) is 0 Å². The van der Waals surface area contributed by atoms with Gasteiger partial charge >= 0.3 is 0 Å². The summed E-state index contributed by atoms with van der Waals surface area (Å²) in [5.41, 5.74) is 5.88. The number of nitrogens with zero attached hydrogens (tertiary/aromatic N) is 1. The molecule has 0 aliphatic carbocycles. The van der Waals surface area contributed by atoms with Crippen LogP contribution in [0, 0.1) is 17.1 Å². The molecular weight excluding hydrogens is 191 g/mol. The van der Waals surface area contributed by atoms with E-state index >= 15 is 0 Å². The van der Waals surface area contributed by atoms with E-state index in [0.717, 1.165) is 0 Å². The lowest BCUT2D eigenvalue weighted by molar-refractivity contribution is 0.585. The number of benzene rings is 1. The van der Waals surface area contributed by atoms with Crippen LogP contribution in [-0.2, 0) is 0 Å². The monoisotopic (exact) mass is 198 g/mol. The highest BCUT2D eigenvalue weighted by Crippen LogP contribution is 2.20. The number of nitriles is 1. The Hall–Kier alpha value is -1.11. The third kappa shape index (κ3) is 2.41. The molecule has 0 spiro atoms. The summed E-state index contributed by atoms with van der Waals surface area (Å²) in [4.78, 5) is 0. The maximum Gasteiger partial charge on any atom is 0.129 e. The predicted octanol–water partition coefficient (Wildman–Crippen LogP) is 2.39. The highest BCUT2D eigenvalue weighted by Gasteiger charge is 2.10. The van der Waals surface area contributed by atoms with Crippen molar-refractivity contribution in [3.63, 3.8) is 0 Å². The number of nitrogens with two attached hydrogens (primary N) is 1. The van der Waals surface area contributed by atoms with Crippen LogP contribution in [0.3, 0.4) is 0 Å². The normalized spacial score (nSPS) is 12.2. The van der Waals surface area contributed by atoms with E-state index in [-0.39, 0.29) is 6.42 Å². The molecule has 2 N–H and O–H groups in total. The van der Waals surface area contributed by atoms with E-state index in [9.17, 15) is 4.39 Å². The Morgan fingerprint density at radius 3 is 2.85 bits per heavy atom. The summed E-state index contributed by atoms with van der Waals surface area (Å²) in [5, 5.41) is 8.69. The fourth-order valence-corrected chi connectivity index (χ4v) is 1.17. The van der Waals surface area contributed by atoms with Crippen molar-refractivity contribution in [1.29, 1.82) is 5.26 Å². The SMILES string of the molecule is N#CCC(N)c1ccc(Cl)cc1F. The van der Waals surface area contributed by atoms with Gasteiger partial charge in [-0.2, -0.15) is 5.26 Å². The van der Waals surface area contributed by atoms with Gasteiger partial charge in [-0.1, -0.05) is 17.7 Å². The number of halogens is 2. The number of hydrogen-bond donors (Lipinski definition) is 1. The minimum atomic E-state index is -0.581. The Bertz CT molecular complexity index is 346. The van der Waals surface area contributed by atoms with Crippen molar-refractivity contribution in [2.45, 2.75) is 12.5 Å². The molecule has 0 heterocycles. The third-order valence-corrected chi connectivity index (χ3v) is 1.91. The summed E-state index contributed by atoms with van der Waals surface area (Å²) >= 11 is 5.55. The van der Waals surface area contributed by atoms with Gasteiger partial charge in [0.2, 0.25) is 0 Å². The average molecular weight is 199 g/mol. The first-order valence-corrected chi connectivity index (χ1v) is 4.10. The first kappa shape index (κ1) is 9.97. The van der Waals surface area contributed by atoms with Crippen LogP contribution in [0.2, 0.25) is 5.02 Å². The van der Waals surface area contributed by atoms with Gasteiger partial charge < -0.3 is 5.73 Å². The standard InChI is InChI=1S/C9H8ClFN2/c10-6-1-2-7(8(11)5-6)9(13)3-4-12/h1-2,5,9H,3,13H2. The van der Waals surface area contributed by atoms with Gasteiger partial charge in [0.1, 0.15) is 5.82 Å². The van der Waals surface area contributed by atoms with E-state index in [2.05, 4.69) is 0 Å². The summed E-state index contributed by atoms with van der Waals surface area (Å²) in [7, 11) is 0. The van der Waals surface area contributed by atoms with Gasteiger partial charge in [-0.25, -0.2) is 4.39 Å². The van der Waals surface area contributed by atoms with Crippen molar-refractivity contribution < 1.29 is 4.39 Å². The van der Waals surface area contributed by atoms with E-state index in [1.54, 1.807) is 6.07 Å². The molecule has 0 aromatic heterocycles. The van der Waals surface area contributed by atoms with Crippen LogP contribution in [0.25, 0.3) is 0 Å². The molecule has 0 radical (unpaired) electrons. The van der Waals surface area contributed by atoms with Crippen LogP contribution < -0.4 is 5.73 Å². The minimum absolute atomic E-state index is 0.0958. The molecule has 0 saturated carbocycles. The van der Waals surface area contributed by atoms with Crippen LogP contribution in [0.1, 0.15) is 18.0 Å². The van der Waals surface area contributed by atoms with Gasteiger partial charge in [-0.3, -0.25) is 0 Å². The topological polar surface area (TPSA) is 49.8 Å². The van der Waals surface area contributed by atoms with E-state index in [1.165, 1.54) is 12.1 Å². The molecule has 13 heavy (non-hydrogen) atoms. The highest BCUT2D eigenvalue weighted by atomic mass is 35.5. The lowest BCUT2D eigenvalue weighted by atomic mass is 10.1. The maximum atomic E-state index is 13.2. The van der Waals surface area contributed by atoms with Crippen LogP contribution in [0.15, 0.2) is 18.2 Å². The molecule has 0 amide bonds. The summed E-state index contributed by atoms with van der Waals surface area (Å²) in [5.74, 6) is -0.463. The van der Waals surface area contributed by atoms with Gasteiger partial charge in [-0.05, 0) is 12.1 Å². The summed E-state index contributed by atoms with van der Waals surface area (Å²) in [6.45, 7) is 0. The lowest BCUT2D eigenvalue weighted by Crippen LogP contribution is -2.11. The van der Waals surface area contributed by atoms with Crippen molar-refractivity contribution in [3.8, 4) is 6.07 Å². The molecule has 0 saturated heterocycles. The molecular formula is C9H8ClFN2. The molecule has 0 bridgehead atoms. The van der Waals surface area contributed by atoms with Gasteiger partial charge in [0.05, 0.1) is 12.5 Å².